The molecule has 0 atom stereocenters. The molecule has 128 valence electrons. The Hall–Kier alpha value is -2.43. The highest BCUT2D eigenvalue weighted by atomic mass is 16.1. The van der Waals surface area contributed by atoms with Gasteiger partial charge in [-0.15, -0.1) is 0 Å². The van der Waals surface area contributed by atoms with Crippen molar-refractivity contribution in [3.05, 3.63) is 41.7 Å². The van der Waals surface area contributed by atoms with E-state index in [1.165, 1.54) is 0 Å². The van der Waals surface area contributed by atoms with Crippen molar-refractivity contribution in [2.45, 2.75) is 40.5 Å². The van der Waals surface area contributed by atoms with Gasteiger partial charge in [0.05, 0.1) is 0 Å². The molecule has 0 radical (unpaired) electrons. The maximum Gasteiger partial charge on any atom is 0.159 e. The number of hydrogen-bond donors (Lipinski definition) is 1. The van der Waals surface area contributed by atoms with Gasteiger partial charge in [0.1, 0.15) is 17.5 Å². The number of anilines is 3. The van der Waals surface area contributed by atoms with Gasteiger partial charge in [0.25, 0.3) is 0 Å². The predicted octanol–water partition coefficient (Wildman–Crippen LogP) is 4.36. The second-order valence-corrected chi connectivity index (χ2v) is 5.91. The second kappa shape index (κ2) is 8.43. The van der Waals surface area contributed by atoms with Gasteiger partial charge in [-0.3, -0.25) is 4.79 Å². The molecule has 1 aromatic heterocycles. The fourth-order valence-electron chi connectivity index (χ4n) is 2.62. The molecule has 5 nitrogen and oxygen atoms in total. The van der Waals surface area contributed by atoms with Crippen LogP contribution in [0.4, 0.5) is 17.3 Å². The number of carbonyl (C=O) groups excluding carboxylic acids is 1. The lowest BCUT2D eigenvalue weighted by atomic mass is 10.1. The first-order chi connectivity index (χ1) is 11.5. The molecule has 0 aliphatic rings. The van der Waals surface area contributed by atoms with Crippen molar-refractivity contribution in [1.29, 1.82) is 0 Å². The standard InChI is InChI=1S/C19H26N4O/c1-5-10-23(11-6-2)19-13-18(20-15(4)21-19)22-17-9-7-8-16(12-17)14(3)24/h7-9,12-13H,5-6,10-11H2,1-4H3,(H,20,21,22). The third-order valence-corrected chi connectivity index (χ3v) is 3.68. The van der Waals surface area contributed by atoms with Crippen LogP contribution in [0.25, 0.3) is 0 Å². The smallest absolute Gasteiger partial charge is 0.159 e. The Morgan fingerprint density at radius 3 is 2.46 bits per heavy atom. The van der Waals surface area contributed by atoms with Gasteiger partial charge in [-0.1, -0.05) is 26.0 Å². The topological polar surface area (TPSA) is 58.1 Å². The second-order valence-electron chi connectivity index (χ2n) is 5.91. The summed E-state index contributed by atoms with van der Waals surface area (Å²) >= 11 is 0. The molecule has 24 heavy (non-hydrogen) atoms. The van der Waals surface area contributed by atoms with Crippen LogP contribution in [0.5, 0.6) is 0 Å². The average Bonchev–Trinajstić information content (AvgIpc) is 2.54. The van der Waals surface area contributed by atoms with Gasteiger partial charge in [0.15, 0.2) is 5.78 Å². The fraction of sp³-hybridized carbons (Fsp3) is 0.421. The molecule has 2 rings (SSSR count). The Bertz CT molecular complexity index is 694. The highest BCUT2D eigenvalue weighted by molar-refractivity contribution is 5.95. The van der Waals surface area contributed by atoms with Gasteiger partial charge in [-0.25, -0.2) is 9.97 Å². The normalized spacial score (nSPS) is 10.5. The van der Waals surface area contributed by atoms with Gasteiger partial charge < -0.3 is 10.2 Å². The maximum absolute atomic E-state index is 11.5. The van der Waals surface area contributed by atoms with Crippen LogP contribution in [0, 0.1) is 6.92 Å². The molecule has 0 aliphatic heterocycles. The van der Waals surface area contributed by atoms with Crippen LogP contribution >= 0.6 is 0 Å². The molecule has 0 saturated carbocycles. The molecule has 0 bridgehead atoms. The average molecular weight is 326 g/mol. The molecule has 0 amide bonds. The first kappa shape index (κ1) is 17.9. The Labute approximate surface area is 144 Å². The summed E-state index contributed by atoms with van der Waals surface area (Å²) in [5, 5.41) is 3.29. The highest BCUT2D eigenvalue weighted by Gasteiger charge is 2.10. The van der Waals surface area contributed by atoms with Gasteiger partial charge in [-0.05, 0) is 38.8 Å². The molecule has 1 heterocycles. The van der Waals surface area contributed by atoms with E-state index in [1.807, 2.05) is 37.3 Å². The van der Waals surface area contributed by atoms with E-state index >= 15 is 0 Å². The van der Waals surface area contributed by atoms with Gasteiger partial charge in [0, 0.05) is 30.4 Å². The Kier molecular flexibility index (Phi) is 6.29. The number of nitrogens with one attached hydrogen (secondary N) is 1. The van der Waals surface area contributed by atoms with Crippen molar-refractivity contribution in [2.75, 3.05) is 23.3 Å². The van der Waals surface area contributed by atoms with E-state index in [2.05, 4.69) is 34.0 Å². The summed E-state index contributed by atoms with van der Waals surface area (Å²) in [6.45, 7) is 9.76. The summed E-state index contributed by atoms with van der Waals surface area (Å²) in [4.78, 5) is 22.9. The van der Waals surface area contributed by atoms with Crippen LogP contribution < -0.4 is 10.2 Å². The van der Waals surface area contributed by atoms with Crippen LogP contribution in [0.15, 0.2) is 30.3 Å². The summed E-state index contributed by atoms with van der Waals surface area (Å²) in [5.41, 5.74) is 1.54. The summed E-state index contributed by atoms with van der Waals surface area (Å²) in [6.07, 6.45) is 2.15. The minimum atomic E-state index is 0.0512. The van der Waals surface area contributed by atoms with Crippen LogP contribution in [0.2, 0.25) is 0 Å². The minimum absolute atomic E-state index is 0.0512. The van der Waals surface area contributed by atoms with Gasteiger partial charge in [0.2, 0.25) is 0 Å². The molecule has 1 N–H and O–H groups in total. The lowest BCUT2D eigenvalue weighted by Crippen LogP contribution is -2.26. The van der Waals surface area contributed by atoms with E-state index < -0.39 is 0 Å². The van der Waals surface area contributed by atoms with Crippen LogP contribution in [-0.4, -0.2) is 28.8 Å². The molecule has 2 aromatic rings. The third kappa shape index (κ3) is 4.78. The van der Waals surface area contributed by atoms with Crippen LogP contribution in [0.1, 0.15) is 49.8 Å². The van der Waals surface area contributed by atoms with E-state index in [9.17, 15) is 4.79 Å². The molecule has 0 unspecified atom stereocenters. The van der Waals surface area contributed by atoms with Crippen molar-refractivity contribution < 1.29 is 4.79 Å². The summed E-state index contributed by atoms with van der Waals surface area (Å²) < 4.78 is 0. The molecule has 0 fully saturated rings. The lowest BCUT2D eigenvalue weighted by Gasteiger charge is -2.23. The largest absolute Gasteiger partial charge is 0.356 e. The lowest BCUT2D eigenvalue weighted by molar-refractivity contribution is 0.101. The number of rotatable bonds is 8. The summed E-state index contributed by atoms with van der Waals surface area (Å²) in [6, 6.07) is 9.43. The quantitative estimate of drug-likeness (QED) is 0.731. The Balaban J connectivity index is 2.27. The molecule has 0 saturated heterocycles. The van der Waals surface area contributed by atoms with E-state index in [0.29, 0.717) is 5.56 Å². The SMILES string of the molecule is CCCN(CCC)c1cc(Nc2cccc(C(C)=O)c2)nc(C)n1. The van der Waals surface area contributed by atoms with E-state index in [1.54, 1.807) is 6.92 Å². The number of aryl methyl sites for hydroxylation is 1. The van der Waals surface area contributed by atoms with E-state index in [0.717, 1.165) is 49.1 Å². The molecule has 5 heteroatoms. The fourth-order valence-corrected chi connectivity index (χ4v) is 2.62. The first-order valence-corrected chi connectivity index (χ1v) is 8.52. The molecular formula is C19H26N4O. The van der Waals surface area contributed by atoms with Crippen molar-refractivity contribution in [2.24, 2.45) is 0 Å². The van der Waals surface area contributed by atoms with Crippen LogP contribution in [-0.2, 0) is 0 Å². The number of nitrogens with zero attached hydrogens (tertiary/aromatic N) is 3. The minimum Gasteiger partial charge on any atom is -0.356 e. The monoisotopic (exact) mass is 326 g/mol. The summed E-state index contributed by atoms with van der Waals surface area (Å²) in [7, 11) is 0. The van der Waals surface area contributed by atoms with Crippen molar-refractivity contribution in [1.82, 2.24) is 9.97 Å². The van der Waals surface area contributed by atoms with Gasteiger partial charge in [-0.2, -0.15) is 0 Å². The van der Waals surface area contributed by atoms with Crippen molar-refractivity contribution in [3.63, 3.8) is 0 Å². The molecule has 0 spiro atoms. The first-order valence-electron chi connectivity index (χ1n) is 8.52. The number of hydrogen-bond acceptors (Lipinski definition) is 5. The number of ketones is 1. The zero-order valence-corrected chi connectivity index (χ0v) is 15.0. The van der Waals surface area contributed by atoms with Gasteiger partial charge >= 0.3 is 0 Å². The molecule has 1 aromatic carbocycles. The van der Waals surface area contributed by atoms with Crippen LogP contribution in [0.3, 0.4) is 0 Å². The van der Waals surface area contributed by atoms with Crippen molar-refractivity contribution in [3.8, 4) is 0 Å². The number of Topliss-reactive ketones (excluding diaryl/α,β-unsaturated/α-hetero) is 1. The van der Waals surface area contributed by atoms with Crippen molar-refractivity contribution >= 4 is 23.1 Å². The molecule has 0 aliphatic carbocycles. The predicted molar refractivity (Wildman–Crippen MR) is 99.3 cm³/mol. The van der Waals surface area contributed by atoms with E-state index in [-0.39, 0.29) is 5.78 Å². The summed E-state index contributed by atoms with van der Waals surface area (Å²) in [5.74, 6) is 2.47. The number of carbonyl (C=O) groups is 1. The number of aromatic nitrogens is 2. The third-order valence-electron chi connectivity index (χ3n) is 3.68. The van der Waals surface area contributed by atoms with E-state index in [4.69, 9.17) is 0 Å². The Morgan fingerprint density at radius 2 is 1.83 bits per heavy atom. The molecular weight excluding hydrogens is 300 g/mol. The zero-order valence-electron chi connectivity index (χ0n) is 15.0. The zero-order chi connectivity index (χ0) is 17.5. The maximum atomic E-state index is 11.5. The Morgan fingerprint density at radius 1 is 1.12 bits per heavy atom. The highest BCUT2D eigenvalue weighted by Crippen LogP contribution is 2.21. The number of benzene rings is 1.